The fraction of sp³-hybridized carbons (Fsp3) is 0.500. The molecule has 3 N–H and O–H groups in total. The van der Waals surface area contributed by atoms with Gasteiger partial charge in [-0.05, 0) is 42.8 Å². The molecule has 100 valence electrons. The van der Waals surface area contributed by atoms with Gasteiger partial charge >= 0.3 is 5.97 Å². The second-order valence-electron chi connectivity index (χ2n) is 4.89. The molecular weight excluding hydrogens is 300 g/mol. The number of aromatic nitrogens is 1. The van der Waals surface area contributed by atoms with Crippen molar-refractivity contribution < 1.29 is 14.6 Å². The molecule has 0 spiro atoms. The predicted octanol–water partition coefficient (Wildman–Crippen LogP) is 1.55. The minimum absolute atomic E-state index is 0.454. The molecule has 18 heavy (non-hydrogen) atoms. The van der Waals surface area contributed by atoms with E-state index >= 15 is 0 Å². The van der Waals surface area contributed by atoms with Crippen molar-refractivity contribution in [3.8, 4) is 0 Å². The molecule has 0 radical (unpaired) electrons. The molecule has 0 saturated carbocycles. The largest absolute Gasteiger partial charge is 0.459 e. The number of pyridine rings is 1. The third-order valence-electron chi connectivity index (χ3n) is 2.13. The zero-order valence-electron chi connectivity index (χ0n) is 10.6. The lowest BCUT2D eigenvalue weighted by Crippen LogP contribution is -2.41. The first kappa shape index (κ1) is 15.1. The third-order valence-corrected chi connectivity index (χ3v) is 2.79. The highest BCUT2D eigenvalue weighted by molar-refractivity contribution is 9.10. The Morgan fingerprint density at radius 3 is 2.67 bits per heavy atom. The Morgan fingerprint density at radius 2 is 2.17 bits per heavy atom. The fourth-order valence-electron chi connectivity index (χ4n) is 1.31. The van der Waals surface area contributed by atoms with Crippen LogP contribution >= 0.6 is 15.9 Å². The molecule has 1 rings (SSSR count). The standard InChI is InChI=1S/C12H17BrN2O3/c1-12(2,3)18-11(17)8(14)9(16)7-5-4-6-15-10(7)13/h4-6,8-9,16H,14H2,1-3H3/t8-,9+/m0/s1. The van der Waals surface area contributed by atoms with Gasteiger partial charge in [0.2, 0.25) is 0 Å². The van der Waals surface area contributed by atoms with Gasteiger partial charge in [-0.25, -0.2) is 4.98 Å². The molecule has 0 bridgehead atoms. The van der Waals surface area contributed by atoms with Gasteiger partial charge in [0.25, 0.3) is 0 Å². The Balaban J connectivity index is 2.82. The summed E-state index contributed by atoms with van der Waals surface area (Å²) in [6.07, 6.45) is 0.405. The number of hydrogen-bond donors (Lipinski definition) is 2. The summed E-state index contributed by atoms with van der Waals surface area (Å²) in [6.45, 7) is 5.22. The number of aliphatic hydroxyl groups excluding tert-OH is 1. The lowest BCUT2D eigenvalue weighted by molar-refractivity contribution is -0.159. The van der Waals surface area contributed by atoms with Crippen LogP contribution in [0.4, 0.5) is 0 Å². The number of nitrogens with zero attached hydrogens (tertiary/aromatic N) is 1. The quantitative estimate of drug-likeness (QED) is 0.652. The summed E-state index contributed by atoms with van der Waals surface area (Å²) in [5.74, 6) is -0.647. The van der Waals surface area contributed by atoms with Crippen molar-refractivity contribution in [1.29, 1.82) is 0 Å². The van der Waals surface area contributed by atoms with Gasteiger partial charge in [-0.15, -0.1) is 0 Å². The number of carbonyl (C=O) groups is 1. The Hall–Kier alpha value is -0.980. The normalized spacial score (nSPS) is 15.0. The van der Waals surface area contributed by atoms with E-state index in [1.807, 2.05) is 0 Å². The van der Waals surface area contributed by atoms with Crippen LogP contribution in [0.2, 0.25) is 0 Å². The van der Waals surface area contributed by atoms with Gasteiger partial charge in [0.15, 0.2) is 0 Å². The highest BCUT2D eigenvalue weighted by Gasteiger charge is 2.30. The Labute approximate surface area is 114 Å². The molecule has 0 amide bonds. The van der Waals surface area contributed by atoms with Crippen LogP contribution in [0.25, 0.3) is 0 Å². The molecule has 0 aliphatic rings. The highest BCUT2D eigenvalue weighted by atomic mass is 79.9. The smallest absolute Gasteiger partial charge is 0.326 e. The maximum atomic E-state index is 11.7. The van der Waals surface area contributed by atoms with E-state index < -0.39 is 23.7 Å². The monoisotopic (exact) mass is 316 g/mol. The average molecular weight is 317 g/mol. The van der Waals surface area contributed by atoms with Crippen LogP contribution in [0.1, 0.15) is 32.4 Å². The summed E-state index contributed by atoms with van der Waals surface area (Å²) in [7, 11) is 0. The summed E-state index contributed by atoms with van der Waals surface area (Å²) >= 11 is 3.20. The first-order valence-electron chi connectivity index (χ1n) is 5.49. The molecule has 0 fully saturated rings. The van der Waals surface area contributed by atoms with E-state index in [2.05, 4.69) is 20.9 Å². The number of esters is 1. The summed E-state index contributed by atoms with van der Waals surface area (Å²) < 4.78 is 5.58. The number of aliphatic hydroxyl groups is 1. The maximum absolute atomic E-state index is 11.7. The van der Waals surface area contributed by atoms with Crippen LogP contribution < -0.4 is 5.73 Å². The first-order valence-corrected chi connectivity index (χ1v) is 6.28. The van der Waals surface area contributed by atoms with Gasteiger partial charge in [-0.1, -0.05) is 6.07 Å². The van der Waals surface area contributed by atoms with Gasteiger partial charge in [0.05, 0.1) is 0 Å². The number of nitrogens with two attached hydrogens (primary N) is 1. The molecule has 0 aromatic carbocycles. The lowest BCUT2D eigenvalue weighted by atomic mass is 10.0. The zero-order valence-corrected chi connectivity index (χ0v) is 12.1. The first-order chi connectivity index (χ1) is 8.22. The van der Waals surface area contributed by atoms with E-state index in [9.17, 15) is 9.90 Å². The number of hydrogen-bond acceptors (Lipinski definition) is 5. The summed E-state index contributed by atoms with van der Waals surface area (Å²) in [4.78, 5) is 15.7. The van der Waals surface area contributed by atoms with E-state index in [1.165, 1.54) is 0 Å². The summed E-state index contributed by atoms with van der Waals surface area (Å²) in [5, 5.41) is 10.0. The van der Waals surface area contributed by atoms with Crippen LogP contribution in [0.5, 0.6) is 0 Å². The topological polar surface area (TPSA) is 85.4 Å². The van der Waals surface area contributed by atoms with Crippen molar-refractivity contribution in [1.82, 2.24) is 4.98 Å². The van der Waals surface area contributed by atoms with E-state index in [0.717, 1.165) is 0 Å². The average Bonchev–Trinajstić information content (AvgIpc) is 2.25. The van der Waals surface area contributed by atoms with E-state index in [0.29, 0.717) is 10.2 Å². The van der Waals surface area contributed by atoms with E-state index in [1.54, 1.807) is 39.1 Å². The molecule has 2 atom stereocenters. The van der Waals surface area contributed by atoms with Crippen LogP contribution in [-0.2, 0) is 9.53 Å². The number of ether oxygens (including phenoxy) is 1. The van der Waals surface area contributed by atoms with E-state index in [-0.39, 0.29) is 0 Å². The molecule has 1 heterocycles. The Kier molecular flexibility index (Phi) is 4.84. The molecule has 1 aromatic heterocycles. The fourth-order valence-corrected chi connectivity index (χ4v) is 1.80. The van der Waals surface area contributed by atoms with Gasteiger partial charge < -0.3 is 15.6 Å². The molecular formula is C12H17BrN2O3. The van der Waals surface area contributed by atoms with Crippen molar-refractivity contribution in [3.63, 3.8) is 0 Å². The minimum atomic E-state index is -1.16. The van der Waals surface area contributed by atoms with Gasteiger partial charge in [0, 0.05) is 11.8 Å². The second-order valence-corrected chi connectivity index (χ2v) is 5.64. The van der Waals surface area contributed by atoms with Crippen molar-refractivity contribution >= 4 is 21.9 Å². The second kappa shape index (κ2) is 5.77. The van der Waals surface area contributed by atoms with Crippen molar-refractivity contribution in [2.24, 2.45) is 5.73 Å². The molecule has 1 aromatic rings. The summed E-state index contributed by atoms with van der Waals surface area (Å²) in [5.41, 5.74) is 5.51. The van der Waals surface area contributed by atoms with Gasteiger partial charge in [0.1, 0.15) is 22.4 Å². The molecule has 0 aliphatic carbocycles. The van der Waals surface area contributed by atoms with Gasteiger partial charge in [-0.3, -0.25) is 4.79 Å². The minimum Gasteiger partial charge on any atom is -0.459 e. The SMILES string of the molecule is CC(C)(C)OC(=O)[C@@H](N)[C@H](O)c1cccnc1Br. The van der Waals surface area contributed by atoms with Gasteiger partial charge in [-0.2, -0.15) is 0 Å². The number of carbonyl (C=O) groups excluding carboxylic acids is 1. The zero-order chi connectivity index (χ0) is 13.9. The van der Waals surface area contributed by atoms with Crippen LogP contribution in [-0.4, -0.2) is 27.7 Å². The molecule has 6 heteroatoms. The number of rotatable bonds is 3. The molecule has 0 aliphatic heterocycles. The van der Waals surface area contributed by atoms with Crippen LogP contribution in [0.3, 0.4) is 0 Å². The van der Waals surface area contributed by atoms with Crippen LogP contribution in [0.15, 0.2) is 22.9 Å². The van der Waals surface area contributed by atoms with Crippen molar-refractivity contribution in [2.45, 2.75) is 38.5 Å². The number of halogens is 1. The molecule has 0 unspecified atom stereocenters. The summed E-state index contributed by atoms with van der Waals surface area (Å²) in [6, 6.07) is 2.15. The highest BCUT2D eigenvalue weighted by Crippen LogP contribution is 2.24. The Morgan fingerprint density at radius 1 is 1.56 bits per heavy atom. The third kappa shape index (κ3) is 4.04. The maximum Gasteiger partial charge on any atom is 0.326 e. The molecule has 5 nitrogen and oxygen atoms in total. The lowest BCUT2D eigenvalue weighted by Gasteiger charge is -2.24. The predicted molar refractivity (Wildman–Crippen MR) is 70.7 cm³/mol. The molecule has 0 saturated heterocycles. The van der Waals surface area contributed by atoms with Crippen LogP contribution in [0, 0.1) is 0 Å². The van der Waals surface area contributed by atoms with E-state index in [4.69, 9.17) is 10.5 Å². The van der Waals surface area contributed by atoms with Crippen molar-refractivity contribution in [3.05, 3.63) is 28.5 Å². The Bertz CT molecular complexity index is 432. The van der Waals surface area contributed by atoms with Crippen molar-refractivity contribution in [2.75, 3.05) is 0 Å².